The molecular weight excluding hydrogens is 310 g/mol. The van der Waals surface area contributed by atoms with Crippen molar-refractivity contribution < 1.29 is 14.3 Å². The fraction of sp³-hybridized carbons (Fsp3) is 0.500. The quantitative estimate of drug-likeness (QED) is 0.816. The number of nitrogens with one attached hydrogen (secondary N) is 1. The molecule has 1 rings (SSSR count). The molecule has 1 N–H and O–H groups in total. The molecule has 106 valence electrons. The smallest absolute Gasteiger partial charge is 0.251 e. The van der Waals surface area contributed by atoms with Gasteiger partial charge in [-0.2, -0.15) is 0 Å². The minimum absolute atomic E-state index is 0.137. The first-order valence-electron chi connectivity index (χ1n) is 6.13. The zero-order chi connectivity index (χ0) is 14.4. The van der Waals surface area contributed by atoms with Crippen LogP contribution in [0.15, 0.2) is 18.2 Å². The van der Waals surface area contributed by atoms with Gasteiger partial charge in [0.1, 0.15) is 11.5 Å². The normalized spacial score (nSPS) is 12.1. The number of amides is 1. The van der Waals surface area contributed by atoms with Crippen LogP contribution in [-0.4, -0.2) is 31.5 Å². The molecule has 1 unspecified atom stereocenters. The Labute approximate surface area is 122 Å². The predicted octanol–water partition coefficient (Wildman–Crippen LogP) is 2.85. The summed E-state index contributed by atoms with van der Waals surface area (Å²) < 4.78 is 10.3. The number of carbonyl (C=O) groups excluding carboxylic acids is 1. The zero-order valence-electron chi connectivity index (χ0n) is 11.7. The lowest BCUT2D eigenvalue weighted by molar-refractivity contribution is 0.0952. The number of alkyl halides is 1. The number of halogens is 1. The fourth-order valence-electron chi connectivity index (χ4n) is 1.47. The highest BCUT2D eigenvalue weighted by atomic mass is 79.9. The summed E-state index contributed by atoms with van der Waals surface area (Å²) in [5.74, 6) is 1.52. The highest BCUT2D eigenvalue weighted by Gasteiger charge is 2.13. The van der Waals surface area contributed by atoms with Crippen LogP contribution in [0.1, 0.15) is 24.2 Å². The van der Waals surface area contributed by atoms with Crippen LogP contribution < -0.4 is 14.8 Å². The first-order valence-corrected chi connectivity index (χ1v) is 7.04. The molecule has 1 aromatic carbocycles. The predicted molar refractivity (Wildman–Crippen MR) is 79.4 cm³/mol. The molecule has 0 saturated carbocycles. The molecule has 0 heterocycles. The van der Waals surface area contributed by atoms with Crippen LogP contribution in [-0.2, 0) is 0 Å². The molecule has 0 aliphatic heterocycles. The van der Waals surface area contributed by atoms with Crippen LogP contribution >= 0.6 is 15.9 Å². The van der Waals surface area contributed by atoms with E-state index in [0.717, 1.165) is 0 Å². The lowest BCUT2D eigenvalue weighted by Crippen LogP contribution is -2.31. The van der Waals surface area contributed by atoms with Crippen molar-refractivity contribution in [3.05, 3.63) is 23.8 Å². The van der Waals surface area contributed by atoms with E-state index in [9.17, 15) is 4.79 Å². The molecule has 0 fully saturated rings. The third-order valence-corrected chi connectivity index (χ3v) is 4.18. The molecule has 19 heavy (non-hydrogen) atoms. The number of benzene rings is 1. The third kappa shape index (κ3) is 4.74. The number of ether oxygens (including phenoxy) is 2. The SMILES string of the molecule is COc1cc(OC)cc(C(=O)NCC(Br)C(C)C)c1. The average molecular weight is 330 g/mol. The average Bonchev–Trinajstić information content (AvgIpc) is 2.43. The van der Waals surface area contributed by atoms with E-state index >= 15 is 0 Å². The molecule has 0 saturated heterocycles. The van der Waals surface area contributed by atoms with Crippen LogP contribution in [0.3, 0.4) is 0 Å². The van der Waals surface area contributed by atoms with Gasteiger partial charge in [0.25, 0.3) is 5.91 Å². The van der Waals surface area contributed by atoms with E-state index < -0.39 is 0 Å². The Hall–Kier alpha value is -1.23. The summed E-state index contributed by atoms with van der Waals surface area (Å²) in [6.45, 7) is 4.77. The van der Waals surface area contributed by atoms with E-state index in [1.165, 1.54) is 0 Å². The van der Waals surface area contributed by atoms with E-state index in [2.05, 4.69) is 35.1 Å². The Morgan fingerprint density at radius 1 is 1.21 bits per heavy atom. The molecule has 0 bridgehead atoms. The molecule has 0 spiro atoms. The first-order chi connectivity index (χ1) is 8.97. The second-order valence-electron chi connectivity index (χ2n) is 4.57. The summed E-state index contributed by atoms with van der Waals surface area (Å²) in [5, 5.41) is 2.89. The summed E-state index contributed by atoms with van der Waals surface area (Å²) in [6.07, 6.45) is 0. The number of hydrogen-bond acceptors (Lipinski definition) is 3. The summed E-state index contributed by atoms with van der Waals surface area (Å²) in [5.41, 5.74) is 0.527. The van der Waals surface area contributed by atoms with Crippen molar-refractivity contribution in [1.29, 1.82) is 0 Å². The van der Waals surface area contributed by atoms with Crippen molar-refractivity contribution in [1.82, 2.24) is 5.32 Å². The third-order valence-electron chi connectivity index (χ3n) is 2.79. The van der Waals surface area contributed by atoms with Crippen molar-refractivity contribution >= 4 is 21.8 Å². The van der Waals surface area contributed by atoms with Crippen molar-refractivity contribution in [2.75, 3.05) is 20.8 Å². The van der Waals surface area contributed by atoms with Crippen LogP contribution in [0.5, 0.6) is 11.5 Å². The highest BCUT2D eigenvalue weighted by Crippen LogP contribution is 2.22. The maximum atomic E-state index is 12.1. The van der Waals surface area contributed by atoms with Crippen molar-refractivity contribution in [3.63, 3.8) is 0 Å². The molecule has 0 aliphatic carbocycles. The molecule has 1 atom stereocenters. The van der Waals surface area contributed by atoms with Crippen LogP contribution in [0.25, 0.3) is 0 Å². The second-order valence-corrected chi connectivity index (χ2v) is 5.75. The maximum Gasteiger partial charge on any atom is 0.251 e. The Balaban J connectivity index is 2.76. The summed E-state index contributed by atoms with van der Waals surface area (Å²) in [7, 11) is 3.12. The number of methoxy groups -OCH3 is 2. The molecule has 5 heteroatoms. The van der Waals surface area contributed by atoms with Gasteiger partial charge in [0.05, 0.1) is 14.2 Å². The van der Waals surface area contributed by atoms with E-state index in [1.54, 1.807) is 32.4 Å². The topological polar surface area (TPSA) is 47.6 Å². The lowest BCUT2D eigenvalue weighted by atomic mass is 10.1. The Morgan fingerprint density at radius 3 is 2.16 bits per heavy atom. The number of hydrogen-bond donors (Lipinski definition) is 1. The second kappa shape index (κ2) is 7.38. The van der Waals surface area contributed by atoms with Crippen molar-refractivity contribution in [3.8, 4) is 11.5 Å². The largest absolute Gasteiger partial charge is 0.497 e. The first kappa shape index (κ1) is 15.8. The van der Waals surface area contributed by atoms with Gasteiger partial charge in [0.15, 0.2) is 0 Å². The minimum Gasteiger partial charge on any atom is -0.497 e. The van der Waals surface area contributed by atoms with Gasteiger partial charge >= 0.3 is 0 Å². The van der Waals surface area contributed by atoms with Crippen molar-refractivity contribution in [2.24, 2.45) is 5.92 Å². The molecule has 0 aliphatic rings. The van der Waals surface area contributed by atoms with Crippen molar-refractivity contribution in [2.45, 2.75) is 18.7 Å². The van der Waals surface area contributed by atoms with E-state index in [0.29, 0.717) is 29.5 Å². The molecule has 1 aromatic rings. The number of carbonyl (C=O) groups is 1. The molecule has 0 radical (unpaired) electrons. The minimum atomic E-state index is -0.137. The summed E-state index contributed by atoms with van der Waals surface area (Å²) in [6, 6.07) is 5.12. The van der Waals surface area contributed by atoms with Crippen LogP contribution in [0.4, 0.5) is 0 Å². The van der Waals surface area contributed by atoms with Gasteiger partial charge in [-0.3, -0.25) is 4.79 Å². The molecule has 0 aromatic heterocycles. The Bertz CT molecular complexity index is 412. The zero-order valence-corrected chi connectivity index (χ0v) is 13.3. The van der Waals surface area contributed by atoms with E-state index in [1.807, 2.05) is 0 Å². The van der Waals surface area contributed by atoms with Crippen LogP contribution in [0, 0.1) is 5.92 Å². The van der Waals surface area contributed by atoms with Gasteiger partial charge in [-0.25, -0.2) is 0 Å². The molecule has 1 amide bonds. The molecule has 4 nitrogen and oxygen atoms in total. The Morgan fingerprint density at radius 2 is 1.74 bits per heavy atom. The standard InChI is InChI=1S/C14H20BrNO3/c1-9(2)13(15)8-16-14(17)10-5-11(18-3)7-12(6-10)19-4/h5-7,9,13H,8H2,1-4H3,(H,16,17). The summed E-state index contributed by atoms with van der Waals surface area (Å²) >= 11 is 3.54. The van der Waals surface area contributed by atoms with Gasteiger partial charge in [-0.15, -0.1) is 0 Å². The van der Waals surface area contributed by atoms with Gasteiger partial charge in [-0.1, -0.05) is 29.8 Å². The van der Waals surface area contributed by atoms with Gasteiger partial charge in [0, 0.05) is 23.0 Å². The van der Waals surface area contributed by atoms with E-state index in [-0.39, 0.29) is 10.7 Å². The van der Waals surface area contributed by atoms with Gasteiger partial charge in [-0.05, 0) is 18.1 Å². The van der Waals surface area contributed by atoms with Crippen LogP contribution in [0.2, 0.25) is 0 Å². The lowest BCUT2D eigenvalue weighted by Gasteiger charge is -2.15. The molecular formula is C14H20BrNO3. The Kier molecular flexibility index (Phi) is 6.15. The number of rotatable bonds is 6. The summed E-state index contributed by atoms with van der Waals surface area (Å²) in [4.78, 5) is 12.3. The monoisotopic (exact) mass is 329 g/mol. The highest BCUT2D eigenvalue weighted by molar-refractivity contribution is 9.09. The van der Waals surface area contributed by atoms with E-state index in [4.69, 9.17) is 9.47 Å². The van der Waals surface area contributed by atoms with Gasteiger partial charge < -0.3 is 14.8 Å². The maximum absolute atomic E-state index is 12.1. The van der Waals surface area contributed by atoms with Gasteiger partial charge in [0.2, 0.25) is 0 Å². The fourth-order valence-corrected chi connectivity index (χ4v) is 1.63.